The lowest BCUT2D eigenvalue weighted by Crippen LogP contribution is -2.14. The van der Waals surface area contributed by atoms with Gasteiger partial charge in [-0.05, 0) is 23.8 Å². The molecule has 0 spiro atoms. The summed E-state index contributed by atoms with van der Waals surface area (Å²) in [4.78, 5) is 23.3. The second-order valence-electron chi connectivity index (χ2n) is 4.44. The molecule has 0 aliphatic carbocycles. The number of nitrogens with two attached hydrogens (primary N) is 1. The molecule has 0 saturated carbocycles. The van der Waals surface area contributed by atoms with Crippen molar-refractivity contribution >= 4 is 23.5 Å². The van der Waals surface area contributed by atoms with Gasteiger partial charge in [0.15, 0.2) is 5.78 Å². The van der Waals surface area contributed by atoms with E-state index in [2.05, 4.69) is 5.32 Å². The summed E-state index contributed by atoms with van der Waals surface area (Å²) in [5.41, 5.74) is 7.32. The fourth-order valence-electron chi connectivity index (χ4n) is 1.81. The molecule has 2 rings (SSSR count). The molecule has 2 aromatic rings. The van der Waals surface area contributed by atoms with Crippen LogP contribution in [0.1, 0.15) is 15.9 Å². The van der Waals surface area contributed by atoms with Crippen LogP contribution in [0.15, 0.2) is 60.7 Å². The Morgan fingerprint density at radius 3 is 2.52 bits per heavy atom. The number of carbonyl (C=O) groups is 2. The fraction of sp³-hybridized carbons (Fsp3) is 0.0588. The third kappa shape index (κ3) is 4.40. The zero-order valence-electron chi connectivity index (χ0n) is 11.5. The molecule has 4 heteroatoms. The van der Waals surface area contributed by atoms with Gasteiger partial charge in [0.1, 0.15) is 0 Å². The number of nitrogens with one attached hydrogen (secondary N) is 1. The summed E-state index contributed by atoms with van der Waals surface area (Å²) >= 11 is 0. The van der Waals surface area contributed by atoms with Crippen LogP contribution >= 0.6 is 0 Å². The monoisotopic (exact) mass is 280 g/mol. The standard InChI is InChI=1S/C17H16N2O2/c18-12-16(20)14-7-4-8-15(11-14)19-17(21)10-9-13-5-2-1-3-6-13/h1-11H,12,18H2,(H,19,21)/b10-9+. The van der Waals surface area contributed by atoms with E-state index in [1.165, 1.54) is 6.08 Å². The molecule has 21 heavy (non-hydrogen) atoms. The first-order valence-electron chi connectivity index (χ1n) is 6.56. The normalized spacial score (nSPS) is 10.5. The van der Waals surface area contributed by atoms with Crippen LogP contribution in [0.3, 0.4) is 0 Å². The molecular formula is C17H16N2O2. The number of hydrogen-bond donors (Lipinski definition) is 2. The van der Waals surface area contributed by atoms with Crippen molar-refractivity contribution in [1.29, 1.82) is 0 Å². The maximum atomic E-state index is 11.8. The van der Waals surface area contributed by atoms with Gasteiger partial charge in [-0.2, -0.15) is 0 Å². The third-order valence-corrected chi connectivity index (χ3v) is 2.86. The maximum Gasteiger partial charge on any atom is 0.248 e. The highest BCUT2D eigenvalue weighted by Crippen LogP contribution is 2.11. The Morgan fingerprint density at radius 2 is 1.81 bits per heavy atom. The van der Waals surface area contributed by atoms with E-state index in [9.17, 15) is 9.59 Å². The Hall–Kier alpha value is -2.72. The Morgan fingerprint density at radius 1 is 1.05 bits per heavy atom. The van der Waals surface area contributed by atoms with Gasteiger partial charge >= 0.3 is 0 Å². The molecular weight excluding hydrogens is 264 g/mol. The SMILES string of the molecule is NCC(=O)c1cccc(NC(=O)/C=C/c2ccccc2)c1. The lowest BCUT2D eigenvalue weighted by Gasteiger charge is -2.04. The summed E-state index contributed by atoms with van der Waals surface area (Å²) in [6, 6.07) is 16.3. The molecule has 0 aromatic heterocycles. The molecule has 3 N–H and O–H groups in total. The molecule has 106 valence electrons. The quantitative estimate of drug-likeness (QED) is 0.653. The molecule has 0 bridgehead atoms. The Kier molecular flexibility index (Phi) is 5.01. The summed E-state index contributed by atoms with van der Waals surface area (Å²) in [6.45, 7) is -0.0503. The minimum absolute atomic E-state index is 0.0503. The van der Waals surface area contributed by atoms with E-state index >= 15 is 0 Å². The van der Waals surface area contributed by atoms with Gasteiger partial charge in [0, 0.05) is 17.3 Å². The van der Waals surface area contributed by atoms with Crippen LogP contribution < -0.4 is 11.1 Å². The number of rotatable bonds is 5. The molecule has 0 radical (unpaired) electrons. The summed E-state index contributed by atoms with van der Waals surface area (Å²) in [5.74, 6) is -0.415. The predicted octanol–water partition coefficient (Wildman–Crippen LogP) is 2.48. The number of benzene rings is 2. The van der Waals surface area contributed by atoms with Crippen LogP contribution in [0.5, 0.6) is 0 Å². The Labute approximate surface area is 123 Å². The lowest BCUT2D eigenvalue weighted by atomic mass is 10.1. The predicted molar refractivity (Wildman–Crippen MR) is 83.9 cm³/mol. The van der Waals surface area contributed by atoms with Crippen molar-refractivity contribution in [3.8, 4) is 0 Å². The van der Waals surface area contributed by atoms with Gasteiger partial charge in [-0.25, -0.2) is 0 Å². The van der Waals surface area contributed by atoms with Crippen LogP contribution in [-0.4, -0.2) is 18.2 Å². The highest BCUT2D eigenvalue weighted by atomic mass is 16.1. The second-order valence-corrected chi connectivity index (χ2v) is 4.44. The molecule has 0 fully saturated rings. The Balaban J connectivity index is 2.03. The number of Topliss-reactive ketones (excluding diaryl/α,β-unsaturated/α-hetero) is 1. The van der Waals surface area contributed by atoms with Gasteiger partial charge in [-0.15, -0.1) is 0 Å². The zero-order valence-corrected chi connectivity index (χ0v) is 11.5. The van der Waals surface area contributed by atoms with Crippen LogP contribution in [-0.2, 0) is 4.79 Å². The minimum Gasteiger partial charge on any atom is -0.324 e. The van der Waals surface area contributed by atoms with Gasteiger partial charge in [0.05, 0.1) is 6.54 Å². The average Bonchev–Trinajstić information content (AvgIpc) is 2.53. The van der Waals surface area contributed by atoms with Crippen molar-refractivity contribution in [1.82, 2.24) is 0 Å². The van der Waals surface area contributed by atoms with Gasteiger partial charge in [0.25, 0.3) is 0 Å². The first kappa shape index (κ1) is 14.7. The van der Waals surface area contributed by atoms with Crippen molar-refractivity contribution in [3.63, 3.8) is 0 Å². The van der Waals surface area contributed by atoms with Gasteiger partial charge < -0.3 is 11.1 Å². The largest absolute Gasteiger partial charge is 0.324 e. The number of carbonyl (C=O) groups excluding carboxylic acids is 2. The van der Waals surface area contributed by atoms with E-state index in [1.54, 1.807) is 30.3 Å². The first-order chi connectivity index (χ1) is 10.2. The number of ketones is 1. The zero-order chi connectivity index (χ0) is 15.1. The number of hydrogen-bond acceptors (Lipinski definition) is 3. The highest BCUT2D eigenvalue weighted by Gasteiger charge is 2.05. The second kappa shape index (κ2) is 7.17. The number of anilines is 1. The van der Waals surface area contributed by atoms with Gasteiger partial charge in [0.2, 0.25) is 5.91 Å². The Bertz CT molecular complexity index is 664. The van der Waals surface area contributed by atoms with Crippen LogP contribution in [0.4, 0.5) is 5.69 Å². The van der Waals surface area contributed by atoms with Gasteiger partial charge in [-0.3, -0.25) is 9.59 Å². The fourth-order valence-corrected chi connectivity index (χ4v) is 1.81. The maximum absolute atomic E-state index is 11.8. The molecule has 1 amide bonds. The van der Waals surface area contributed by atoms with Crippen molar-refractivity contribution in [3.05, 3.63) is 71.8 Å². The molecule has 0 unspecified atom stereocenters. The average molecular weight is 280 g/mol. The summed E-state index contributed by atoms with van der Waals surface area (Å²) in [6.07, 6.45) is 3.18. The van der Waals surface area contributed by atoms with E-state index in [4.69, 9.17) is 5.73 Å². The molecule has 0 aliphatic rings. The van der Waals surface area contributed by atoms with Crippen molar-refractivity contribution in [2.75, 3.05) is 11.9 Å². The van der Waals surface area contributed by atoms with Crippen molar-refractivity contribution < 1.29 is 9.59 Å². The number of amides is 1. The molecule has 0 aliphatic heterocycles. The molecule has 2 aromatic carbocycles. The van der Waals surface area contributed by atoms with E-state index in [0.29, 0.717) is 11.3 Å². The molecule has 0 atom stereocenters. The molecule has 4 nitrogen and oxygen atoms in total. The van der Waals surface area contributed by atoms with Gasteiger partial charge in [-0.1, -0.05) is 42.5 Å². The van der Waals surface area contributed by atoms with Crippen LogP contribution in [0.25, 0.3) is 6.08 Å². The smallest absolute Gasteiger partial charge is 0.248 e. The van der Waals surface area contributed by atoms with Crippen molar-refractivity contribution in [2.24, 2.45) is 5.73 Å². The molecule has 0 saturated heterocycles. The lowest BCUT2D eigenvalue weighted by molar-refractivity contribution is -0.111. The highest BCUT2D eigenvalue weighted by molar-refractivity contribution is 6.03. The van der Waals surface area contributed by atoms with Crippen LogP contribution in [0.2, 0.25) is 0 Å². The topological polar surface area (TPSA) is 72.2 Å². The summed E-state index contributed by atoms with van der Waals surface area (Å²) in [7, 11) is 0. The van der Waals surface area contributed by atoms with E-state index in [-0.39, 0.29) is 18.2 Å². The first-order valence-corrected chi connectivity index (χ1v) is 6.56. The summed E-state index contributed by atoms with van der Waals surface area (Å²) in [5, 5.41) is 2.71. The minimum atomic E-state index is -0.254. The van der Waals surface area contributed by atoms with E-state index in [0.717, 1.165) is 5.56 Å². The van der Waals surface area contributed by atoms with E-state index < -0.39 is 0 Å². The van der Waals surface area contributed by atoms with E-state index in [1.807, 2.05) is 30.3 Å². The summed E-state index contributed by atoms with van der Waals surface area (Å²) < 4.78 is 0. The third-order valence-electron chi connectivity index (χ3n) is 2.86. The van der Waals surface area contributed by atoms with Crippen LogP contribution in [0, 0.1) is 0 Å². The molecule has 0 heterocycles. The van der Waals surface area contributed by atoms with Crippen molar-refractivity contribution in [2.45, 2.75) is 0 Å².